The van der Waals surface area contributed by atoms with Crippen LogP contribution in [0, 0.1) is 0 Å². The smallest absolute Gasteiger partial charge is 0.355 e. The van der Waals surface area contributed by atoms with Crippen LogP contribution < -0.4 is 9.47 Å². The maximum absolute atomic E-state index is 12.7. The first-order valence-corrected chi connectivity index (χ1v) is 8.85. The molecule has 0 aliphatic carbocycles. The minimum atomic E-state index is -0.370. The SMILES string of the molecule is CCOC(=O)c1[nH]c2c3ccccc3n(C)c2c1-c1ccc2c(c1)OCO2. The van der Waals surface area contributed by atoms with Gasteiger partial charge in [0.25, 0.3) is 0 Å². The quantitative estimate of drug-likeness (QED) is 0.554. The largest absolute Gasteiger partial charge is 0.461 e. The van der Waals surface area contributed by atoms with E-state index in [9.17, 15) is 4.79 Å². The molecule has 0 bridgehead atoms. The average molecular weight is 362 g/mol. The standard InChI is InChI=1S/C21H18N2O4/c1-3-25-21(24)19-17(12-8-9-15-16(10-12)27-11-26-15)20-18(22-19)13-6-4-5-7-14(13)23(20)2/h4-10,22H,3,11H2,1-2H3. The van der Waals surface area contributed by atoms with Crippen molar-refractivity contribution in [2.45, 2.75) is 6.92 Å². The third-order valence-electron chi connectivity index (χ3n) is 4.98. The molecule has 5 rings (SSSR count). The van der Waals surface area contributed by atoms with Crippen LogP contribution in [-0.2, 0) is 11.8 Å². The second-order valence-electron chi connectivity index (χ2n) is 6.46. The van der Waals surface area contributed by atoms with Crippen molar-refractivity contribution in [3.63, 3.8) is 0 Å². The van der Waals surface area contributed by atoms with Crippen molar-refractivity contribution in [1.29, 1.82) is 0 Å². The minimum absolute atomic E-state index is 0.208. The molecule has 0 fully saturated rings. The molecular weight excluding hydrogens is 344 g/mol. The summed E-state index contributed by atoms with van der Waals surface area (Å²) in [4.78, 5) is 16.0. The van der Waals surface area contributed by atoms with E-state index in [1.54, 1.807) is 6.92 Å². The Labute approximate surface area is 155 Å². The van der Waals surface area contributed by atoms with E-state index in [0.717, 1.165) is 33.1 Å². The van der Waals surface area contributed by atoms with E-state index < -0.39 is 0 Å². The molecule has 6 nitrogen and oxygen atoms in total. The Kier molecular flexibility index (Phi) is 3.40. The van der Waals surface area contributed by atoms with Crippen LogP contribution >= 0.6 is 0 Å². The monoisotopic (exact) mass is 362 g/mol. The third kappa shape index (κ3) is 2.23. The highest BCUT2D eigenvalue weighted by atomic mass is 16.7. The van der Waals surface area contributed by atoms with Gasteiger partial charge in [0.1, 0.15) is 5.69 Å². The maximum Gasteiger partial charge on any atom is 0.355 e. The van der Waals surface area contributed by atoms with Crippen LogP contribution in [0.25, 0.3) is 33.1 Å². The fourth-order valence-corrected chi connectivity index (χ4v) is 3.81. The normalized spacial score (nSPS) is 12.8. The number of carbonyl (C=O) groups is 1. The number of H-pyrrole nitrogens is 1. The van der Waals surface area contributed by atoms with E-state index in [4.69, 9.17) is 14.2 Å². The molecule has 0 saturated carbocycles. The zero-order valence-corrected chi connectivity index (χ0v) is 15.0. The van der Waals surface area contributed by atoms with Crippen molar-refractivity contribution in [2.75, 3.05) is 13.4 Å². The summed E-state index contributed by atoms with van der Waals surface area (Å²) in [6.07, 6.45) is 0. The van der Waals surface area contributed by atoms with Crippen molar-refractivity contribution in [3.05, 3.63) is 48.2 Å². The predicted molar refractivity (Wildman–Crippen MR) is 102 cm³/mol. The maximum atomic E-state index is 12.7. The Bertz CT molecular complexity index is 1200. The van der Waals surface area contributed by atoms with Gasteiger partial charge in [-0.3, -0.25) is 0 Å². The van der Waals surface area contributed by atoms with Crippen LogP contribution in [0.3, 0.4) is 0 Å². The summed E-state index contributed by atoms with van der Waals surface area (Å²) in [7, 11) is 2.00. The molecule has 0 unspecified atom stereocenters. The molecule has 0 amide bonds. The topological polar surface area (TPSA) is 65.5 Å². The van der Waals surface area contributed by atoms with E-state index in [0.29, 0.717) is 23.8 Å². The fourth-order valence-electron chi connectivity index (χ4n) is 3.81. The molecule has 1 N–H and O–H groups in total. The van der Waals surface area contributed by atoms with E-state index in [-0.39, 0.29) is 12.8 Å². The van der Waals surface area contributed by atoms with Crippen molar-refractivity contribution < 1.29 is 19.0 Å². The summed E-state index contributed by atoms with van der Waals surface area (Å²) in [5, 5.41) is 1.06. The van der Waals surface area contributed by atoms with E-state index in [2.05, 4.69) is 15.6 Å². The Morgan fingerprint density at radius 2 is 2.00 bits per heavy atom. The first-order chi connectivity index (χ1) is 13.2. The minimum Gasteiger partial charge on any atom is -0.461 e. The second-order valence-corrected chi connectivity index (χ2v) is 6.46. The van der Waals surface area contributed by atoms with Crippen molar-refractivity contribution >= 4 is 27.9 Å². The predicted octanol–water partition coefficient (Wildman–Crippen LogP) is 4.23. The van der Waals surface area contributed by atoms with Gasteiger partial charge >= 0.3 is 5.97 Å². The molecule has 0 saturated heterocycles. The molecule has 3 heterocycles. The zero-order chi connectivity index (χ0) is 18.5. The lowest BCUT2D eigenvalue weighted by molar-refractivity contribution is 0.0521. The van der Waals surface area contributed by atoms with Gasteiger partial charge in [-0.1, -0.05) is 24.3 Å². The summed E-state index contributed by atoms with van der Waals surface area (Å²) in [5.74, 6) is 1.01. The number of nitrogens with one attached hydrogen (secondary N) is 1. The van der Waals surface area contributed by atoms with E-state index >= 15 is 0 Å². The molecule has 1 aliphatic heterocycles. The van der Waals surface area contributed by atoms with E-state index in [1.807, 2.05) is 43.4 Å². The van der Waals surface area contributed by atoms with Crippen LogP contribution in [0.4, 0.5) is 0 Å². The van der Waals surface area contributed by atoms with Crippen molar-refractivity contribution in [3.8, 4) is 22.6 Å². The second kappa shape index (κ2) is 5.81. The summed E-state index contributed by atoms with van der Waals surface area (Å²) in [5.41, 5.74) is 5.10. The summed E-state index contributed by atoms with van der Waals surface area (Å²) in [6, 6.07) is 13.8. The molecule has 0 radical (unpaired) electrons. The van der Waals surface area contributed by atoms with Crippen molar-refractivity contribution in [2.24, 2.45) is 7.05 Å². The number of hydrogen-bond acceptors (Lipinski definition) is 4. The highest BCUT2D eigenvalue weighted by Crippen LogP contribution is 2.42. The highest BCUT2D eigenvalue weighted by Gasteiger charge is 2.26. The summed E-state index contributed by atoms with van der Waals surface area (Å²) >= 11 is 0. The lowest BCUT2D eigenvalue weighted by Crippen LogP contribution is -2.07. The van der Waals surface area contributed by atoms with Gasteiger partial charge in [0.2, 0.25) is 6.79 Å². The number of benzene rings is 2. The Morgan fingerprint density at radius 1 is 1.19 bits per heavy atom. The Balaban J connectivity index is 1.85. The Hall–Kier alpha value is -3.41. The number of ether oxygens (including phenoxy) is 3. The lowest BCUT2D eigenvalue weighted by atomic mass is 10.0. The van der Waals surface area contributed by atoms with Gasteiger partial charge in [-0.25, -0.2) is 4.79 Å². The molecule has 2 aromatic carbocycles. The number of aromatic amines is 1. The summed E-state index contributed by atoms with van der Waals surface area (Å²) < 4.78 is 18.3. The van der Waals surface area contributed by atoms with Gasteiger partial charge in [-0.15, -0.1) is 0 Å². The van der Waals surface area contributed by atoms with Gasteiger partial charge in [-0.2, -0.15) is 0 Å². The molecular formula is C21H18N2O4. The number of nitrogens with zero attached hydrogens (tertiary/aromatic N) is 1. The Morgan fingerprint density at radius 3 is 2.85 bits per heavy atom. The van der Waals surface area contributed by atoms with Gasteiger partial charge in [0.05, 0.1) is 23.2 Å². The van der Waals surface area contributed by atoms with Gasteiger partial charge in [-0.05, 0) is 30.7 Å². The van der Waals surface area contributed by atoms with Crippen LogP contribution in [-0.4, -0.2) is 28.9 Å². The molecule has 0 atom stereocenters. The summed E-state index contributed by atoms with van der Waals surface area (Å²) in [6.45, 7) is 2.33. The van der Waals surface area contributed by atoms with Crippen molar-refractivity contribution in [1.82, 2.24) is 9.55 Å². The van der Waals surface area contributed by atoms with Crippen LogP contribution in [0.15, 0.2) is 42.5 Å². The van der Waals surface area contributed by atoms with Gasteiger partial charge in [0, 0.05) is 18.0 Å². The number of hydrogen-bond donors (Lipinski definition) is 1. The molecule has 4 aromatic rings. The first kappa shape index (κ1) is 15.8. The number of carbonyl (C=O) groups excluding carboxylic acids is 1. The number of aryl methyl sites for hydroxylation is 1. The number of para-hydroxylation sites is 1. The zero-order valence-electron chi connectivity index (χ0n) is 15.0. The fraction of sp³-hybridized carbons (Fsp3) is 0.190. The number of esters is 1. The first-order valence-electron chi connectivity index (χ1n) is 8.85. The van der Waals surface area contributed by atoms with Crippen LogP contribution in [0.1, 0.15) is 17.4 Å². The molecule has 0 spiro atoms. The van der Waals surface area contributed by atoms with Gasteiger partial charge < -0.3 is 23.8 Å². The number of rotatable bonds is 3. The van der Waals surface area contributed by atoms with E-state index in [1.165, 1.54) is 0 Å². The molecule has 27 heavy (non-hydrogen) atoms. The van der Waals surface area contributed by atoms with Crippen LogP contribution in [0.2, 0.25) is 0 Å². The number of aromatic nitrogens is 2. The molecule has 1 aliphatic rings. The lowest BCUT2D eigenvalue weighted by Gasteiger charge is -2.08. The molecule has 136 valence electrons. The van der Waals surface area contributed by atoms with Crippen LogP contribution in [0.5, 0.6) is 11.5 Å². The third-order valence-corrected chi connectivity index (χ3v) is 4.98. The number of fused-ring (bicyclic) bond motifs is 4. The molecule has 6 heteroatoms. The van der Waals surface area contributed by atoms with Gasteiger partial charge in [0.15, 0.2) is 11.5 Å². The molecule has 2 aromatic heterocycles. The highest BCUT2D eigenvalue weighted by molar-refractivity contribution is 6.16. The average Bonchev–Trinajstić information content (AvgIpc) is 3.37.